The third-order valence-corrected chi connectivity index (χ3v) is 7.18. The Balaban J connectivity index is 1.67. The molecule has 6 atom stereocenters. The Morgan fingerprint density at radius 2 is 1.50 bits per heavy atom. The van der Waals surface area contributed by atoms with Crippen LogP contribution < -0.4 is 0 Å². The van der Waals surface area contributed by atoms with Crippen molar-refractivity contribution in [3.05, 3.63) is 41.0 Å². The summed E-state index contributed by atoms with van der Waals surface area (Å²) in [5.74, 6) is -6.95. The van der Waals surface area contributed by atoms with Crippen LogP contribution in [0.4, 0.5) is 0 Å². The van der Waals surface area contributed by atoms with Crippen molar-refractivity contribution in [2.75, 3.05) is 0 Å². The van der Waals surface area contributed by atoms with E-state index in [1.165, 1.54) is 6.07 Å². The Hall–Kier alpha value is -3.04. The summed E-state index contributed by atoms with van der Waals surface area (Å²) in [5.41, 5.74) is 2.03. The van der Waals surface area contributed by atoms with Gasteiger partial charge in [0.1, 0.15) is 5.75 Å². The number of aryl methyl sites for hydroxylation is 1. The summed E-state index contributed by atoms with van der Waals surface area (Å²) in [6.45, 7) is 1.71. The highest BCUT2D eigenvalue weighted by Crippen LogP contribution is 2.57. The number of carbonyl (C=O) groups excluding carboxylic acids is 4. The minimum absolute atomic E-state index is 0.0884. The van der Waals surface area contributed by atoms with Crippen LogP contribution in [0.3, 0.4) is 0 Å². The molecule has 0 radical (unpaired) electrons. The molecule has 0 spiro atoms. The molecule has 4 aliphatic rings. The van der Waals surface area contributed by atoms with Gasteiger partial charge in [-0.05, 0) is 42.9 Å². The van der Waals surface area contributed by atoms with Gasteiger partial charge in [-0.1, -0.05) is 23.8 Å². The molecule has 4 amide bonds. The lowest BCUT2D eigenvalue weighted by Gasteiger charge is -2.43. The summed E-state index contributed by atoms with van der Waals surface area (Å²) >= 11 is 0. The van der Waals surface area contributed by atoms with Gasteiger partial charge >= 0.3 is 0 Å². The van der Waals surface area contributed by atoms with E-state index < -0.39 is 59.1 Å². The van der Waals surface area contributed by atoms with Gasteiger partial charge in [-0.25, -0.2) is 0 Å². The maximum absolute atomic E-state index is 12.8. The van der Waals surface area contributed by atoms with Crippen LogP contribution in [0.15, 0.2) is 29.8 Å². The lowest BCUT2D eigenvalue weighted by Crippen LogP contribution is -2.43. The predicted molar refractivity (Wildman–Crippen MR) is 97.6 cm³/mol. The number of phenolic OH excluding ortho intramolecular Hbond substituents is 1. The molecule has 2 aliphatic heterocycles. The molecule has 0 unspecified atom stereocenters. The van der Waals surface area contributed by atoms with Crippen molar-refractivity contribution in [3.8, 4) is 5.75 Å². The molecule has 2 saturated heterocycles. The molecule has 3 fully saturated rings. The van der Waals surface area contributed by atoms with Gasteiger partial charge in [-0.3, -0.25) is 29.6 Å². The zero-order valence-electron chi connectivity index (χ0n) is 16.1. The molecule has 2 heterocycles. The molecule has 156 valence electrons. The van der Waals surface area contributed by atoms with E-state index in [1.54, 1.807) is 19.1 Å². The number of nitrogens with zero attached hydrogens (tertiary/aromatic N) is 2. The van der Waals surface area contributed by atoms with Gasteiger partial charge in [0.2, 0.25) is 0 Å². The number of imide groups is 2. The molecule has 9 nitrogen and oxygen atoms in total. The summed E-state index contributed by atoms with van der Waals surface area (Å²) in [7, 11) is 0. The summed E-state index contributed by atoms with van der Waals surface area (Å²) in [6, 6.07) is 4.90. The Labute approximate surface area is 171 Å². The molecule has 0 aromatic heterocycles. The zero-order valence-corrected chi connectivity index (χ0v) is 16.1. The van der Waals surface area contributed by atoms with Crippen molar-refractivity contribution in [2.45, 2.75) is 25.7 Å². The molecule has 1 saturated carbocycles. The fourth-order valence-corrected chi connectivity index (χ4v) is 5.80. The molecular formula is C21H20N2O7. The molecule has 5 rings (SSSR count). The van der Waals surface area contributed by atoms with Crippen molar-refractivity contribution < 1.29 is 34.7 Å². The molecule has 3 N–H and O–H groups in total. The third-order valence-electron chi connectivity index (χ3n) is 7.18. The van der Waals surface area contributed by atoms with E-state index >= 15 is 0 Å². The van der Waals surface area contributed by atoms with Crippen LogP contribution in [-0.4, -0.2) is 49.3 Å². The molecule has 1 aromatic rings. The van der Waals surface area contributed by atoms with Crippen LogP contribution in [0.1, 0.15) is 29.9 Å². The van der Waals surface area contributed by atoms with Gasteiger partial charge in [0.15, 0.2) is 0 Å². The number of hydroxylamine groups is 4. The van der Waals surface area contributed by atoms with Gasteiger partial charge < -0.3 is 5.11 Å². The first-order valence-corrected chi connectivity index (χ1v) is 9.85. The van der Waals surface area contributed by atoms with Gasteiger partial charge in [-0.2, -0.15) is 10.1 Å². The number of benzene rings is 1. The Morgan fingerprint density at radius 1 is 0.867 bits per heavy atom. The smallest absolute Gasteiger partial charge is 0.258 e. The fraction of sp³-hybridized carbons (Fsp3) is 0.429. The summed E-state index contributed by atoms with van der Waals surface area (Å²) in [6.07, 6.45) is 2.21. The van der Waals surface area contributed by atoms with Gasteiger partial charge in [0.25, 0.3) is 23.6 Å². The maximum atomic E-state index is 12.8. The van der Waals surface area contributed by atoms with Crippen LogP contribution in [0.5, 0.6) is 5.75 Å². The molecule has 0 bridgehead atoms. The van der Waals surface area contributed by atoms with Crippen molar-refractivity contribution >= 4 is 23.6 Å². The predicted octanol–water partition coefficient (Wildman–Crippen LogP) is 1.12. The van der Waals surface area contributed by atoms with Crippen LogP contribution in [-0.2, 0) is 19.2 Å². The summed E-state index contributed by atoms with van der Waals surface area (Å²) < 4.78 is 0. The number of carbonyl (C=O) groups is 4. The minimum Gasteiger partial charge on any atom is -0.508 e. The molecule has 2 aliphatic carbocycles. The minimum atomic E-state index is -0.835. The first-order chi connectivity index (χ1) is 14.2. The normalized spacial score (nSPS) is 35.4. The molecule has 9 heteroatoms. The van der Waals surface area contributed by atoms with Crippen molar-refractivity contribution in [2.24, 2.45) is 29.6 Å². The average Bonchev–Trinajstić information content (AvgIpc) is 3.09. The number of hydrogen-bond acceptors (Lipinski definition) is 7. The number of phenols is 1. The summed E-state index contributed by atoms with van der Waals surface area (Å²) in [5, 5.41) is 30.1. The monoisotopic (exact) mass is 412 g/mol. The quantitative estimate of drug-likeness (QED) is 0.357. The Bertz CT molecular complexity index is 1050. The summed E-state index contributed by atoms with van der Waals surface area (Å²) in [4.78, 5) is 50.3. The zero-order chi connectivity index (χ0) is 21.5. The number of fused-ring (bicyclic) bond motifs is 4. The number of aromatic hydroxyl groups is 1. The Morgan fingerprint density at radius 3 is 2.17 bits per heavy atom. The third kappa shape index (κ3) is 2.30. The van der Waals surface area contributed by atoms with E-state index in [0.29, 0.717) is 11.1 Å². The number of hydrogen-bond donors (Lipinski definition) is 3. The SMILES string of the molecule is Cc1cc([C@H]2C3=CC[C@@H]4C(=O)N(O)C(=O)[C@@H]4[C@@H]3C[C@H]3C(=O)N(O)C(=O)[C@@H]23)ccc1O. The van der Waals surface area contributed by atoms with Crippen LogP contribution in [0.2, 0.25) is 0 Å². The fourth-order valence-electron chi connectivity index (χ4n) is 5.80. The van der Waals surface area contributed by atoms with E-state index in [9.17, 15) is 34.7 Å². The highest BCUT2D eigenvalue weighted by Gasteiger charge is 2.62. The lowest BCUT2D eigenvalue weighted by atomic mass is 9.57. The molecule has 30 heavy (non-hydrogen) atoms. The Kier molecular flexibility index (Phi) is 3.93. The van der Waals surface area contributed by atoms with Gasteiger partial charge in [0, 0.05) is 5.92 Å². The number of amides is 4. The number of allylic oxidation sites excluding steroid dienone is 2. The average molecular weight is 412 g/mol. The molecule has 1 aromatic carbocycles. The second-order valence-electron chi connectivity index (χ2n) is 8.55. The molecular weight excluding hydrogens is 392 g/mol. The lowest BCUT2D eigenvalue weighted by molar-refractivity contribution is -0.174. The van der Waals surface area contributed by atoms with E-state index in [0.717, 1.165) is 5.57 Å². The second kappa shape index (κ2) is 6.23. The van der Waals surface area contributed by atoms with Gasteiger partial charge in [-0.15, -0.1) is 0 Å². The number of rotatable bonds is 1. The van der Waals surface area contributed by atoms with Crippen molar-refractivity contribution in [1.82, 2.24) is 10.1 Å². The van der Waals surface area contributed by atoms with Gasteiger partial charge in [0.05, 0.1) is 23.7 Å². The largest absolute Gasteiger partial charge is 0.508 e. The van der Waals surface area contributed by atoms with E-state index in [-0.39, 0.29) is 28.7 Å². The first kappa shape index (κ1) is 19.0. The topological polar surface area (TPSA) is 135 Å². The second-order valence-corrected chi connectivity index (χ2v) is 8.55. The highest BCUT2D eigenvalue weighted by atomic mass is 16.5. The van der Waals surface area contributed by atoms with Crippen molar-refractivity contribution in [3.63, 3.8) is 0 Å². The standard InChI is InChI=1S/C21H20N2O7/c1-8-6-9(2-5-14(8)24)15-10-3-4-11-16(20(27)22(29)18(11)25)12(10)7-13-17(15)21(28)23(30)19(13)26/h2-3,5-6,11-13,15-17,24,29-30H,4,7H2,1H3/t11-,12+,13+,15-,16-,17+/m0/s1. The maximum Gasteiger partial charge on any atom is 0.258 e. The van der Waals surface area contributed by atoms with E-state index in [1.807, 2.05) is 6.08 Å². The van der Waals surface area contributed by atoms with Crippen molar-refractivity contribution in [1.29, 1.82) is 0 Å². The van der Waals surface area contributed by atoms with Crippen LogP contribution in [0.25, 0.3) is 0 Å². The van der Waals surface area contributed by atoms with Crippen LogP contribution >= 0.6 is 0 Å². The van der Waals surface area contributed by atoms with E-state index in [2.05, 4.69) is 0 Å². The first-order valence-electron chi connectivity index (χ1n) is 9.85. The van der Waals surface area contributed by atoms with E-state index in [4.69, 9.17) is 0 Å². The van der Waals surface area contributed by atoms with Crippen LogP contribution in [0, 0.1) is 36.5 Å². The highest BCUT2D eigenvalue weighted by molar-refractivity contribution is 6.06.